The summed E-state index contributed by atoms with van der Waals surface area (Å²) >= 11 is 0. The quantitative estimate of drug-likeness (QED) is 0.184. The summed E-state index contributed by atoms with van der Waals surface area (Å²) in [5.41, 5.74) is 4.83. The van der Waals surface area contributed by atoms with Crippen molar-refractivity contribution in [2.45, 2.75) is 32.7 Å². The van der Waals surface area contributed by atoms with Crippen molar-refractivity contribution >= 4 is 6.09 Å². The lowest BCUT2D eigenvalue weighted by Crippen LogP contribution is -2.39. The first-order chi connectivity index (χ1) is 22.5. The summed E-state index contributed by atoms with van der Waals surface area (Å²) in [4.78, 5) is 30.3. The molecule has 1 aliphatic rings. The van der Waals surface area contributed by atoms with E-state index in [-0.39, 0.29) is 44.4 Å². The fourth-order valence-electron chi connectivity index (χ4n) is 5.51. The molecule has 0 atom stereocenters. The lowest BCUT2D eigenvalue weighted by atomic mass is 9.98. The average molecular weight is 622 g/mol. The van der Waals surface area contributed by atoms with Crippen LogP contribution in [-0.4, -0.2) is 56.5 Å². The monoisotopic (exact) mass is 621 g/mol. The van der Waals surface area contributed by atoms with Gasteiger partial charge in [-0.2, -0.15) is 5.10 Å². The average Bonchev–Trinajstić information content (AvgIpc) is 3.46. The van der Waals surface area contributed by atoms with Gasteiger partial charge in [0.05, 0.1) is 18.8 Å². The van der Waals surface area contributed by atoms with Crippen LogP contribution in [0.25, 0.3) is 5.69 Å². The van der Waals surface area contributed by atoms with E-state index in [0.717, 1.165) is 42.9 Å². The second kappa shape index (κ2) is 14.7. The molecule has 4 aromatic carbocycles. The Morgan fingerprint density at radius 1 is 0.870 bits per heavy atom. The molecule has 1 amide bonds. The fraction of sp³-hybridized carbons (Fsp3) is 0.250. The number of benzene rings is 4. The predicted molar refractivity (Wildman–Crippen MR) is 172 cm³/mol. The number of halogens is 1. The number of nitrogens with zero attached hydrogens (tertiary/aromatic N) is 5. The molecule has 46 heavy (non-hydrogen) atoms. The Hall–Kier alpha value is -5.22. The number of hydrogen-bond acceptors (Lipinski definition) is 6. The molecule has 0 spiro atoms. The van der Waals surface area contributed by atoms with E-state index < -0.39 is 6.09 Å². The Balaban J connectivity index is 1.09. The van der Waals surface area contributed by atoms with Crippen molar-refractivity contribution in [3.05, 3.63) is 148 Å². The van der Waals surface area contributed by atoms with E-state index in [1.54, 1.807) is 0 Å². The van der Waals surface area contributed by atoms with Crippen LogP contribution in [0.4, 0.5) is 9.18 Å². The smallest absolute Gasteiger partial charge is 0.410 e. The molecule has 0 aliphatic carbocycles. The Bertz CT molecular complexity index is 1790. The number of amides is 1. The summed E-state index contributed by atoms with van der Waals surface area (Å²) in [7, 11) is 0. The van der Waals surface area contributed by atoms with Gasteiger partial charge in [0.15, 0.2) is 0 Å². The molecule has 0 fully saturated rings. The lowest BCUT2D eigenvalue weighted by Gasteiger charge is -2.29. The molecule has 1 aliphatic heterocycles. The van der Waals surface area contributed by atoms with Gasteiger partial charge in [-0.25, -0.2) is 23.2 Å². The van der Waals surface area contributed by atoms with Crippen molar-refractivity contribution < 1.29 is 18.7 Å². The molecule has 236 valence electrons. The van der Waals surface area contributed by atoms with Crippen LogP contribution in [0.2, 0.25) is 0 Å². The molecule has 1 aromatic heterocycles. The third-order valence-electron chi connectivity index (χ3n) is 8.03. The SMILES string of the molecule is O=C(OCc1ccccc1)N(CCOc1ccccc1)CCn1ncn(-c2ccc3c(c2)CCN(Cc2ccc(F)cc2)C3)c1=O. The number of aromatic nitrogens is 3. The number of carbonyl (C=O) groups excluding carboxylic acids is 1. The summed E-state index contributed by atoms with van der Waals surface area (Å²) in [6.45, 7) is 3.51. The highest BCUT2D eigenvalue weighted by molar-refractivity contribution is 5.67. The fourth-order valence-corrected chi connectivity index (χ4v) is 5.51. The van der Waals surface area contributed by atoms with Crippen LogP contribution in [0, 0.1) is 5.82 Å². The van der Waals surface area contributed by atoms with Crippen LogP contribution >= 0.6 is 0 Å². The maximum atomic E-state index is 13.4. The number of para-hydroxylation sites is 1. The molecule has 0 unspecified atom stereocenters. The second-order valence-corrected chi connectivity index (χ2v) is 11.2. The zero-order valence-corrected chi connectivity index (χ0v) is 25.5. The van der Waals surface area contributed by atoms with Gasteiger partial charge in [0.2, 0.25) is 0 Å². The molecule has 0 radical (unpaired) electrons. The minimum absolute atomic E-state index is 0.145. The summed E-state index contributed by atoms with van der Waals surface area (Å²) in [5, 5.41) is 4.34. The molecule has 6 rings (SSSR count). The van der Waals surface area contributed by atoms with Crippen molar-refractivity contribution in [2.75, 3.05) is 26.2 Å². The minimum atomic E-state index is -0.490. The van der Waals surface area contributed by atoms with Crippen molar-refractivity contribution in [3.8, 4) is 11.4 Å². The van der Waals surface area contributed by atoms with Gasteiger partial charge in [0.1, 0.15) is 31.1 Å². The van der Waals surface area contributed by atoms with E-state index in [1.807, 2.05) is 84.9 Å². The zero-order chi connectivity index (χ0) is 31.7. The highest BCUT2D eigenvalue weighted by atomic mass is 19.1. The van der Waals surface area contributed by atoms with E-state index in [0.29, 0.717) is 5.75 Å². The number of fused-ring (bicyclic) bond motifs is 1. The van der Waals surface area contributed by atoms with E-state index in [1.165, 1.54) is 43.7 Å². The first kappa shape index (κ1) is 30.8. The Labute approximate surface area is 267 Å². The first-order valence-corrected chi connectivity index (χ1v) is 15.4. The zero-order valence-electron chi connectivity index (χ0n) is 25.5. The van der Waals surface area contributed by atoms with Gasteiger partial charge in [0.25, 0.3) is 0 Å². The summed E-state index contributed by atoms with van der Waals surface area (Å²) in [5.74, 6) is 0.478. The Morgan fingerprint density at radius 2 is 1.63 bits per heavy atom. The molecular weight excluding hydrogens is 585 g/mol. The molecule has 5 aromatic rings. The number of carbonyl (C=O) groups is 1. The second-order valence-electron chi connectivity index (χ2n) is 11.2. The van der Waals surface area contributed by atoms with Crippen LogP contribution < -0.4 is 10.4 Å². The summed E-state index contributed by atoms with van der Waals surface area (Å²) in [6, 6.07) is 31.6. The molecule has 10 heteroatoms. The third kappa shape index (κ3) is 7.89. The predicted octanol–water partition coefficient (Wildman–Crippen LogP) is 5.45. The van der Waals surface area contributed by atoms with Gasteiger partial charge < -0.3 is 14.4 Å². The van der Waals surface area contributed by atoms with Gasteiger partial charge in [0, 0.05) is 26.2 Å². The largest absolute Gasteiger partial charge is 0.492 e. The molecule has 0 saturated heterocycles. The third-order valence-corrected chi connectivity index (χ3v) is 8.03. The molecule has 0 N–H and O–H groups in total. The lowest BCUT2D eigenvalue weighted by molar-refractivity contribution is 0.0884. The van der Waals surface area contributed by atoms with Gasteiger partial charge >= 0.3 is 11.8 Å². The van der Waals surface area contributed by atoms with E-state index in [9.17, 15) is 14.0 Å². The maximum Gasteiger partial charge on any atom is 0.410 e. The number of ether oxygens (including phenoxy) is 2. The van der Waals surface area contributed by atoms with Crippen LogP contribution in [0.1, 0.15) is 22.3 Å². The standard InChI is InChI=1S/C36H36FN5O4/c37-32-14-11-28(12-15-32)24-39-18-17-30-23-33(16-13-31(30)25-39)41-27-38-42(35(41)43)20-19-40(21-22-45-34-9-5-2-6-10-34)36(44)46-26-29-7-3-1-4-8-29/h1-16,23,27H,17-22,24-26H2. The van der Waals surface area contributed by atoms with Crippen LogP contribution in [-0.2, 0) is 37.4 Å². The van der Waals surface area contributed by atoms with Gasteiger partial charge in [-0.05, 0) is 65.1 Å². The van der Waals surface area contributed by atoms with Gasteiger partial charge in [-0.1, -0.05) is 66.7 Å². The molecular formula is C36H36FN5O4. The molecule has 0 saturated carbocycles. The van der Waals surface area contributed by atoms with Crippen LogP contribution in [0.3, 0.4) is 0 Å². The highest BCUT2D eigenvalue weighted by Crippen LogP contribution is 2.23. The normalized spacial score (nSPS) is 12.8. The first-order valence-electron chi connectivity index (χ1n) is 15.4. The minimum Gasteiger partial charge on any atom is -0.492 e. The van der Waals surface area contributed by atoms with E-state index >= 15 is 0 Å². The maximum absolute atomic E-state index is 13.4. The Morgan fingerprint density at radius 3 is 2.41 bits per heavy atom. The molecule has 2 heterocycles. The van der Waals surface area contributed by atoms with Gasteiger partial charge in [-0.15, -0.1) is 0 Å². The van der Waals surface area contributed by atoms with Crippen molar-refractivity contribution in [1.82, 2.24) is 24.1 Å². The van der Waals surface area contributed by atoms with Crippen molar-refractivity contribution in [3.63, 3.8) is 0 Å². The molecule has 0 bridgehead atoms. The summed E-state index contributed by atoms with van der Waals surface area (Å²) in [6.07, 6.45) is 1.87. The topological polar surface area (TPSA) is 81.8 Å². The van der Waals surface area contributed by atoms with E-state index in [4.69, 9.17) is 9.47 Å². The van der Waals surface area contributed by atoms with Crippen molar-refractivity contribution in [1.29, 1.82) is 0 Å². The molecule has 9 nitrogen and oxygen atoms in total. The summed E-state index contributed by atoms with van der Waals surface area (Å²) < 4.78 is 27.6. The Kier molecular flexibility index (Phi) is 9.84. The van der Waals surface area contributed by atoms with Crippen LogP contribution in [0.15, 0.2) is 114 Å². The van der Waals surface area contributed by atoms with E-state index in [2.05, 4.69) is 16.1 Å². The van der Waals surface area contributed by atoms with Crippen molar-refractivity contribution in [2.24, 2.45) is 0 Å². The van der Waals surface area contributed by atoms with Gasteiger partial charge in [-0.3, -0.25) is 4.90 Å². The number of rotatable bonds is 12. The number of hydrogen-bond donors (Lipinski definition) is 0. The van der Waals surface area contributed by atoms with Crippen LogP contribution in [0.5, 0.6) is 5.75 Å². The highest BCUT2D eigenvalue weighted by Gasteiger charge is 2.20.